The molecule has 0 spiro atoms. The lowest BCUT2D eigenvalue weighted by molar-refractivity contribution is 0.0658. The van der Waals surface area contributed by atoms with Gasteiger partial charge in [-0.15, -0.1) is 0 Å². The van der Waals surface area contributed by atoms with Crippen molar-refractivity contribution in [2.45, 2.75) is 31.4 Å². The van der Waals surface area contributed by atoms with Crippen LogP contribution in [0, 0.1) is 0 Å². The number of rotatable bonds is 5. The number of aliphatic hydroxyl groups excluding tert-OH is 1. The Labute approximate surface area is 147 Å². The number of aliphatic hydroxyl groups is 1. The maximum atomic E-state index is 10.3. The number of fused-ring (bicyclic) bond motifs is 1. The topological polar surface area (TPSA) is 35.9 Å². The Bertz CT molecular complexity index is 529. The quantitative estimate of drug-likeness (QED) is 0.877. The van der Waals surface area contributed by atoms with Crippen molar-refractivity contribution in [3.63, 3.8) is 0 Å². The molecule has 2 aliphatic rings. The molecule has 1 aromatic rings. The fourth-order valence-corrected chi connectivity index (χ4v) is 4.04. The van der Waals surface area contributed by atoms with Crippen molar-refractivity contribution in [2.75, 3.05) is 39.3 Å². The summed E-state index contributed by atoms with van der Waals surface area (Å²) in [4.78, 5) is 4.96. The van der Waals surface area contributed by atoms with E-state index in [2.05, 4.69) is 9.80 Å². The lowest BCUT2D eigenvalue weighted by atomic mass is 10.2. The van der Waals surface area contributed by atoms with E-state index in [9.17, 15) is 5.11 Å². The van der Waals surface area contributed by atoms with Crippen LogP contribution in [0.3, 0.4) is 0 Å². The molecule has 0 unspecified atom stereocenters. The van der Waals surface area contributed by atoms with Crippen LogP contribution in [0.1, 0.15) is 19.3 Å². The van der Waals surface area contributed by atoms with E-state index in [1.54, 1.807) is 18.2 Å². The van der Waals surface area contributed by atoms with Gasteiger partial charge >= 0.3 is 0 Å². The van der Waals surface area contributed by atoms with Gasteiger partial charge in [0, 0.05) is 24.2 Å². The van der Waals surface area contributed by atoms with Crippen molar-refractivity contribution in [3.8, 4) is 5.75 Å². The van der Waals surface area contributed by atoms with Crippen LogP contribution in [0.15, 0.2) is 18.2 Å². The predicted molar refractivity (Wildman–Crippen MR) is 93.6 cm³/mol. The number of halogens is 2. The van der Waals surface area contributed by atoms with Crippen LogP contribution in [-0.4, -0.2) is 66.4 Å². The number of nitrogens with zero attached hydrogens (tertiary/aromatic N) is 2. The molecule has 0 radical (unpaired) electrons. The van der Waals surface area contributed by atoms with E-state index in [0.717, 1.165) is 13.1 Å². The number of benzene rings is 1. The summed E-state index contributed by atoms with van der Waals surface area (Å²) < 4.78 is 5.64. The van der Waals surface area contributed by atoms with Gasteiger partial charge in [0.05, 0.1) is 5.02 Å². The molecule has 1 N–H and O–H groups in total. The first-order valence-electron chi connectivity index (χ1n) is 8.34. The molecule has 6 heteroatoms. The molecule has 2 aliphatic heterocycles. The third kappa shape index (κ3) is 4.74. The average molecular weight is 359 g/mol. The smallest absolute Gasteiger partial charge is 0.138 e. The van der Waals surface area contributed by atoms with Crippen LogP contribution in [0.2, 0.25) is 10.0 Å². The molecular weight excluding hydrogens is 335 g/mol. The van der Waals surface area contributed by atoms with Crippen molar-refractivity contribution in [1.82, 2.24) is 9.80 Å². The number of hydrogen-bond acceptors (Lipinski definition) is 4. The molecule has 1 aromatic carbocycles. The minimum atomic E-state index is -0.519. The summed E-state index contributed by atoms with van der Waals surface area (Å²) in [6, 6.07) is 5.78. The van der Waals surface area contributed by atoms with E-state index in [0.29, 0.717) is 28.4 Å². The first-order valence-corrected chi connectivity index (χ1v) is 9.10. The Morgan fingerprint density at radius 2 is 2.04 bits per heavy atom. The molecule has 23 heavy (non-hydrogen) atoms. The van der Waals surface area contributed by atoms with E-state index in [1.165, 1.54) is 32.4 Å². The zero-order valence-electron chi connectivity index (χ0n) is 13.3. The third-order valence-corrected chi connectivity index (χ3v) is 5.21. The molecule has 0 aromatic heterocycles. The van der Waals surface area contributed by atoms with Crippen molar-refractivity contribution in [1.29, 1.82) is 0 Å². The first kappa shape index (κ1) is 17.3. The van der Waals surface area contributed by atoms with Crippen LogP contribution in [0.25, 0.3) is 0 Å². The first-order chi connectivity index (χ1) is 11.1. The van der Waals surface area contributed by atoms with Crippen molar-refractivity contribution >= 4 is 23.2 Å². The highest BCUT2D eigenvalue weighted by Crippen LogP contribution is 2.27. The van der Waals surface area contributed by atoms with Crippen LogP contribution in [0.5, 0.6) is 5.75 Å². The Kier molecular flexibility index (Phi) is 6.05. The van der Waals surface area contributed by atoms with Crippen molar-refractivity contribution in [2.24, 2.45) is 0 Å². The molecule has 2 saturated heterocycles. The second-order valence-electron chi connectivity index (χ2n) is 6.48. The van der Waals surface area contributed by atoms with Crippen LogP contribution < -0.4 is 4.74 Å². The van der Waals surface area contributed by atoms with Gasteiger partial charge in [-0.3, -0.25) is 9.80 Å². The summed E-state index contributed by atoms with van der Waals surface area (Å²) in [5, 5.41) is 11.3. The highest BCUT2D eigenvalue weighted by Gasteiger charge is 2.29. The van der Waals surface area contributed by atoms with Crippen molar-refractivity contribution < 1.29 is 9.84 Å². The standard InChI is InChI=1S/C17H24Cl2N2O2/c18-13-4-5-17(16(19)9-13)23-12-15(22)11-20-6-2-8-21-7-1-3-14(21)10-20/h4-5,9,14-15,22H,1-3,6-8,10-12H2/t14-,15+/m0/s1. The summed E-state index contributed by atoms with van der Waals surface area (Å²) in [5.74, 6) is 0.563. The molecule has 2 fully saturated rings. The average Bonchev–Trinajstić information content (AvgIpc) is 2.85. The Morgan fingerprint density at radius 3 is 2.87 bits per heavy atom. The number of β-amino-alcohol motifs (C(OH)–C–C–N with tert-alkyl or cyclic N) is 1. The molecule has 4 nitrogen and oxygen atoms in total. The highest BCUT2D eigenvalue weighted by atomic mass is 35.5. The minimum absolute atomic E-state index is 0.242. The van der Waals surface area contributed by atoms with Gasteiger partial charge in [-0.1, -0.05) is 23.2 Å². The minimum Gasteiger partial charge on any atom is -0.489 e. The van der Waals surface area contributed by atoms with E-state index < -0.39 is 6.10 Å². The molecule has 0 saturated carbocycles. The number of hydrogen-bond donors (Lipinski definition) is 1. The van der Waals surface area contributed by atoms with Gasteiger partial charge < -0.3 is 9.84 Å². The summed E-state index contributed by atoms with van der Waals surface area (Å²) >= 11 is 11.9. The zero-order valence-corrected chi connectivity index (χ0v) is 14.8. The van der Waals surface area contributed by atoms with Gasteiger partial charge in [0.1, 0.15) is 18.5 Å². The van der Waals surface area contributed by atoms with Crippen molar-refractivity contribution in [3.05, 3.63) is 28.2 Å². The molecule has 0 bridgehead atoms. The molecule has 0 aliphatic carbocycles. The monoisotopic (exact) mass is 358 g/mol. The van der Waals surface area contributed by atoms with Gasteiger partial charge in [-0.25, -0.2) is 0 Å². The Hall–Kier alpha value is -0.520. The molecule has 2 atom stereocenters. The Morgan fingerprint density at radius 1 is 1.22 bits per heavy atom. The summed E-state index contributed by atoms with van der Waals surface area (Å²) in [7, 11) is 0. The lowest BCUT2D eigenvalue weighted by Crippen LogP contribution is -2.41. The van der Waals surface area contributed by atoms with Gasteiger partial charge in [0.25, 0.3) is 0 Å². The van der Waals surface area contributed by atoms with Crippen LogP contribution >= 0.6 is 23.2 Å². The summed E-state index contributed by atoms with van der Waals surface area (Å²) in [5.41, 5.74) is 0. The van der Waals surface area contributed by atoms with E-state index >= 15 is 0 Å². The van der Waals surface area contributed by atoms with E-state index in [-0.39, 0.29) is 6.61 Å². The summed E-state index contributed by atoms with van der Waals surface area (Å²) in [6.45, 7) is 5.42. The summed E-state index contributed by atoms with van der Waals surface area (Å²) in [6.07, 6.45) is 3.24. The third-order valence-electron chi connectivity index (χ3n) is 4.68. The Balaban J connectivity index is 1.47. The van der Waals surface area contributed by atoms with Gasteiger partial charge in [-0.05, 0) is 57.1 Å². The predicted octanol–water partition coefficient (Wildman–Crippen LogP) is 2.90. The second-order valence-corrected chi connectivity index (χ2v) is 7.33. The largest absolute Gasteiger partial charge is 0.489 e. The molecule has 3 rings (SSSR count). The van der Waals surface area contributed by atoms with Crippen LogP contribution in [-0.2, 0) is 0 Å². The zero-order chi connectivity index (χ0) is 16.2. The van der Waals surface area contributed by atoms with E-state index in [1.807, 2.05) is 0 Å². The SMILES string of the molecule is O[C@@H](COc1ccc(Cl)cc1Cl)CN1CCCN2CCC[C@H]2C1. The normalized spacial score (nSPS) is 24.2. The van der Waals surface area contributed by atoms with Gasteiger partial charge in [0.15, 0.2) is 0 Å². The molecular formula is C17H24Cl2N2O2. The lowest BCUT2D eigenvalue weighted by Gasteiger charge is -2.27. The fraction of sp³-hybridized carbons (Fsp3) is 0.647. The van der Waals surface area contributed by atoms with Gasteiger partial charge in [0.2, 0.25) is 0 Å². The van der Waals surface area contributed by atoms with Crippen LogP contribution in [0.4, 0.5) is 0 Å². The van der Waals surface area contributed by atoms with E-state index in [4.69, 9.17) is 27.9 Å². The molecule has 2 heterocycles. The fourth-order valence-electron chi connectivity index (χ4n) is 3.58. The highest BCUT2D eigenvalue weighted by molar-refractivity contribution is 6.35. The molecule has 0 amide bonds. The van der Waals surface area contributed by atoms with Gasteiger partial charge in [-0.2, -0.15) is 0 Å². The maximum absolute atomic E-state index is 10.3. The number of ether oxygens (including phenoxy) is 1. The second kappa shape index (κ2) is 8.04. The molecule has 128 valence electrons. The maximum Gasteiger partial charge on any atom is 0.138 e.